The molecule has 5 nitrogen and oxygen atoms in total. The quantitative estimate of drug-likeness (QED) is 0.842. The van der Waals surface area contributed by atoms with Crippen molar-refractivity contribution in [2.75, 3.05) is 14.2 Å². The Labute approximate surface area is 108 Å². The molecule has 0 aromatic heterocycles. The smallest absolute Gasteiger partial charge is 0.341 e. The van der Waals surface area contributed by atoms with E-state index in [0.717, 1.165) is 13.2 Å². The van der Waals surface area contributed by atoms with Gasteiger partial charge in [-0.25, -0.2) is 9.18 Å². The van der Waals surface area contributed by atoms with Gasteiger partial charge in [0.1, 0.15) is 5.56 Å². The molecule has 0 spiro atoms. The van der Waals surface area contributed by atoms with Crippen molar-refractivity contribution in [1.82, 2.24) is 0 Å². The Balaban J connectivity index is 2.57. The lowest BCUT2D eigenvalue weighted by Gasteiger charge is -2.14. The van der Waals surface area contributed by atoms with Gasteiger partial charge < -0.3 is 14.6 Å². The van der Waals surface area contributed by atoms with Crippen LogP contribution in [0.5, 0.6) is 5.75 Å². The maximum Gasteiger partial charge on any atom is 0.341 e. The van der Waals surface area contributed by atoms with Crippen molar-refractivity contribution < 1.29 is 28.6 Å². The van der Waals surface area contributed by atoms with Gasteiger partial charge in [-0.15, -0.1) is 0 Å². The molecule has 1 aromatic carbocycles. The molecule has 2 rings (SSSR count). The molecule has 0 aliphatic heterocycles. The number of hydrogen-bond acceptors (Lipinski definition) is 4. The van der Waals surface area contributed by atoms with Gasteiger partial charge >= 0.3 is 11.9 Å². The summed E-state index contributed by atoms with van der Waals surface area (Å²) in [6.45, 7) is 0. The van der Waals surface area contributed by atoms with Crippen molar-refractivity contribution in [3.63, 3.8) is 0 Å². The Morgan fingerprint density at radius 2 is 1.95 bits per heavy atom. The Morgan fingerprint density at radius 3 is 2.37 bits per heavy atom. The van der Waals surface area contributed by atoms with E-state index in [1.807, 2.05) is 0 Å². The van der Waals surface area contributed by atoms with E-state index in [9.17, 15) is 19.1 Å². The fraction of sp³-hybridized carbons (Fsp3) is 0.385. The van der Waals surface area contributed by atoms with Gasteiger partial charge in [0.15, 0.2) is 11.6 Å². The van der Waals surface area contributed by atoms with Crippen molar-refractivity contribution in [2.45, 2.75) is 18.3 Å². The lowest BCUT2D eigenvalue weighted by Crippen LogP contribution is -2.21. The molecule has 0 bridgehead atoms. The first-order valence-corrected chi connectivity index (χ1v) is 5.66. The molecule has 1 saturated carbocycles. The predicted octanol–water partition coefficient (Wildman–Crippen LogP) is 1.74. The highest BCUT2D eigenvalue weighted by Crippen LogP contribution is 2.49. The van der Waals surface area contributed by atoms with Crippen LogP contribution in [-0.2, 0) is 14.9 Å². The summed E-state index contributed by atoms with van der Waals surface area (Å²) in [5, 5.41) is 9.19. The number of aliphatic carboxylic acids is 1. The fourth-order valence-electron chi connectivity index (χ4n) is 2.09. The van der Waals surface area contributed by atoms with Crippen LogP contribution >= 0.6 is 0 Å². The first kappa shape index (κ1) is 13.3. The SMILES string of the molecule is COC(=O)c1cc(C2(C(=O)O)CC2)cc(F)c1OC. The van der Waals surface area contributed by atoms with Gasteiger partial charge in [-0.2, -0.15) is 0 Å². The zero-order valence-electron chi connectivity index (χ0n) is 10.5. The van der Waals surface area contributed by atoms with E-state index in [4.69, 9.17) is 4.74 Å². The van der Waals surface area contributed by atoms with E-state index in [2.05, 4.69) is 4.74 Å². The van der Waals surface area contributed by atoms with Crippen LogP contribution in [0.2, 0.25) is 0 Å². The summed E-state index contributed by atoms with van der Waals surface area (Å²) in [6, 6.07) is 2.43. The third kappa shape index (κ3) is 2.03. The van der Waals surface area contributed by atoms with Crippen LogP contribution in [0.3, 0.4) is 0 Å². The summed E-state index contributed by atoms with van der Waals surface area (Å²) < 4.78 is 23.3. The minimum Gasteiger partial charge on any atom is -0.493 e. The molecule has 6 heteroatoms. The van der Waals surface area contributed by atoms with Crippen LogP contribution in [0.25, 0.3) is 0 Å². The van der Waals surface area contributed by atoms with Crippen LogP contribution in [0.1, 0.15) is 28.8 Å². The molecule has 1 N–H and O–H groups in total. The Kier molecular flexibility index (Phi) is 3.18. The Bertz CT molecular complexity index is 548. The van der Waals surface area contributed by atoms with E-state index in [1.165, 1.54) is 13.2 Å². The predicted molar refractivity (Wildman–Crippen MR) is 62.8 cm³/mol. The average Bonchev–Trinajstić information content (AvgIpc) is 3.18. The van der Waals surface area contributed by atoms with Gasteiger partial charge in [-0.1, -0.05) is 0 Å². The van der Waals surface area contributed by atoms with Crippen LogP contribution in [-0.4, -0.2) is 31.3 Å². The van der Waals surface area contributed by atoms with Gasteiger partial charge in [0.05, 0.1) is 19.6 Å². The van der Waals surface area contributed by atoms with E-state index in [-0.39, 0.29) is 16.9 Å². The third-order valence-electron chi connectivity index (χ3n) is 3.37. The number of ether oxygens (including phenoxy) is 2. The number of methoxy groups -OCH3 is 2. The molecular weight excluding hydrogens is 255 g/mol. The summed E-state index contributed by atoms with van der Waals surface area (Å²) in [5.41, 5.74) is -0.929. The highest BCUT2D eigenvalue weighted by atomic mass is 19.1. The molecular formula is C13H13FO5. The van der Waals surface area contributed by atoms with E-state index in [1.54, 1.807) is 0 Å². The zero-order chi connectivity index (χ0) is 14.2. The summed E-state index contributed by atoms with van der Waals surface area (Å²) in [6.07, 6.45) is 0.851. The van der Waals surface area contributed by atoms with Gasteiger partial charge in [-0.3, -0.25) is 4.79 Å². The molecule has 102 valence electrons. The van der Waals surface area contributed by atoms with Crippen molar-refractivity contribution >= 4 is 11.9 Å². The summed E-state index contributed by atoms with van der Waals surface area (Å²) in [4.78, 5) is 22.8. The van der Waals surface area contributed by atoms with Crippen molar-refractivity contribution in [3.05, 3.63) is 29.1 Å². The topological polar surface area (TPSA) is 72.8 Å². The summed E-state index contributed by atoms with van der Waals surface area (Å²) >= 11 is 0. The number of halogens is 1. The van der Waals surface area contributed by atoms with Gasteiger partial charge in [0.2, 0.25) is 0 Å². The normalized spacial score (nSPS) is 15.7. The maximum absolute atomic E-state index is 13.9. The van der Waals surface area contributed by atoms with Crippen LogP contribution in [0, 0.1) is 5.82 Å². The monoisotopic (exact) mass is 268 g/mol. The molecule has 0 heterocycles. The molecule has 1 aromatic rings. The Hall–Kier alpha value is -2.11. The van der Waals surface area contributed by atoms with Crippen molar-refractivity contribution in [3.8, 4) is 5.75 Å². The second-order valence-electron chi connectivity index (χ2n) is 4.42. The van der Waals surface area contributed by atoms with Crippen LogP contribution in [0.15, 0.2) is 12.1 Å². The van der Waals surface area contributed by atoms with Gasteiger partial charge in [-0.05, 0) is 30.5 Å². The standard InChI is InChI=1S/C13H13FO5/c1-18-10-8(11(15)19-2)5-7(6-9(10)14)13(3-4-13)12(16)17/h5-6H,3-4H2,1-2H3,(H,16,17). The van der Waals surface area contributed by atoms with Gasteiger partial charge in [0, 0.05) is 0 Å². The van der Waals surface area contributed by atoms with Crippen molar-refractivity contribution in [2.24, 2.45) is 0 Å². The minimum atomic E-state index is -1.09. The fourth-order valence-corrected chi connectivity index (χ4v) is 2.09. The van der Waals surface area contributed by atoms with Crippen LogP contribution in [0.4, 0.5) is 4.39 Å². The van der Waals surface area contributed by atoms with E-state index >= 15 is 0 Å². The van der Waals surface area contributed by atoms with Gasteiger partial charge in [0.25, 0.3) is 0 Å². The van der Waals surface area contributed by atoms with E-state index < -0.39 is 23.2 Å². The van der Waals surface area contributed by atoms with Crippen LogP contribution < -0.4 is 4.74 Å². The number of carboxylic acids is 1. The lowest BCUT2D eigenvalue weighted by molar-refractivity contribution is -0.140. The lowest BCUT2D eigenvalue weighted by atomic mass is 9.94. The summed E-state index contributed by atoms with van der Waals surface area (Å²) in [5.74, 6) is -2.80. The highest BCUT2D eigenvalue weighted by molar-refractivity contribution is 5.94. The average molecular weight is 268 g/mol. The molecule has 0 radical (unpaired) electrons. The number of carboxylic acid groups (broad SMARTS) is 1. The molecule has 0 amide bonds. The molecule has 19 heavy (non-hydrogen) atoms. The second kappa shape index (κ2) is 4.53. The second-order valence-corrected chi connectivity index (χ2v) is 4.42. The third-order valence-corrected chi connectivity index (χ3v) is 3.37. The zero-order valence-corrected chi connectivity index (χ0v) is 10.5. The first-order valence-electron chi connectivity index (χ1n) is 5.66. The molecule has 1 fully saturated rings. The number of rotatable bonds is 4. The molecule has 1 aliphatic rings. The number of benzene rings is 1. The molecule has 1 aliphatic carbocycles. The number of carbonyl (C=O) groups excluding carboxylic acids is 1. The van der Waals surface area contributed by atoms with E-state index in [0.29, 0.717) is 12.8 Å². The number of hydrogen-bond donors (Lipinski definition) is 1. The molecule has 0 saturated heterocycles. The number of carbonyl (C=O) groups is 2. The Morgan fingerprint density at radius 1 is 1.32 bits per heavy atom. The largest absolute Gasteiger partial charge is 0.493 e. The minimum absolute atomic E-state index is 0.104. The molecule has 0 atom stereocenters. The maximum atomic E-state index is 13.9. The summed E-state index contributed by atoms with van der Waals surface area (Å²) in [7, 11) is 2.39. The first-order chi connectivity index (χ1) is 8.96. The molecule has 0 unspecified atom stereocenters. The van der Waals surface area contributed by atoms with Crippen molar-refractivity contribution in [1.29, 1.82) is 0 Å². The highest BCUT2D eigenvalue weighted by Gasteiger charge is 2.52. The number of esters is 1.